The third kappa shape index (κ3) is 6.00. The maximum Gasteiger partial charge on any atom is 0.143 e. The van der Waals surface area contributed by atoms with Crippen LogP contribution in [-0.2, 0) is 0 Å². The minimum Gasteiger partial charge on any atom is -0.455 e. The van der Waals surface area contributed by atoms with E-state index in [4.69, 9.17) is 4.42 Å². The Labute approximate surface area is 337 Å². The largest absolute Gasteiger partial charge is 0.455 e. The van der Waals surface area contributed by atoms with Crippen molar-refractivity contribution >= 4 is 60.5 Å². The van der Waals surface area contributed by atoms with Crippen LogP contribution in [-0.4, -0.2) is 0 Å². The molecular formula is C56H37NO. The Balaban J connectivity index is 0.980. The van der Waals surface area contributed by atoms with E-state index in [1.165, 1.54) is 49.4 Å². The van der Waals surface area contributed by atoms with Gasteiger partial charge in [0.05, 0.1) is 0 Å². The molecule has 0 amide bonds. The minimum atomic E-state index is 0.906. The molecule has 0 radical (unpaired) electrons. The quantitative estimate of drug-likeness (QED) is 0.151. The summed E-state index contributed by atoms with van der Waals surface area (Å²) in [6.07, 6.45) is 0. The van der Waals surface area contributed by atoms with Crippen LogP contribution in [0.4, 0.5) is 17.1 Å². The Bertz CT molecular complexity index is 3250. The van der Waals surface area contributed by atoms with E-state index in [1.807, 2.05) is 12.1 Å². The number of hydrogen-bond acceptors (Lipinski definition) is 2. The molecule has 0 spiro atoms. The van der Waals surface area contributed by atoms with E-state index in [1.54, 1.807) is 0 Å². The number of furan rings is 1. The summed E-state index contributed by atoms with van der Waals surface area (Å²) in [4.78, 5) is 2.35. The van der Waals surface area contributed by atoms with E-state index < -0.39 is 0 Å². The van der Waals surface area contributed by atoms with Gasteiger partial charge in [-0.25, -0.2) is 0 Å². The van der Waals surface area contributed by atoms with Crippen molar-refractivity contribution < 1.29 is 4.42 Å². The Morgan fingerprint density at radius 3 is 1.57 bits per heavy atom. The number of hydrogen-bond donors (Lipinski definition) is 0. The van der Waals surface area contributed by atoms with Crippen LogP contribution in [0.25, 0.3) is 88.0 Å². The van der Waals surface area contributed by atoms with Crippen molar-refractivity contribution in [3.8, 4) is 44.5 Å². The Kier molecular flexibility index (Phi) is 8.19. The highest BCUT2D eigenvalue weighted by Crippen LogP contribution is 2.41. The molecule has 1 heterocycles. The first-order valence-corrected chi connectivity index (χ1v) is 19.8. The second-order valence-electron chi connectivity index (χ2n) is 14.9. The zero-order valence-electron chi connectivity index (χ0n) is 31.7. The van der Waals surface area contributed by atoms with Gasteiger partial charge in [0.25, 0.3) is 0 Å². The molecule has 0 saturated carbocycles. The van der Waals surface area contributed by atoms with Gasteiger partial charge in [0.2, 0.25) is 0 Å². The fourth-order valence-corrected chi connectivity index (χ4v) is 8.52. The van der Waals surface area contributed by atoms with Crippen LogP contribution in [0.2, 0.25) is 0 Å². The molecule has 58 heavy (non-hydrogen) atoms. The molecule has 2 heteroatoms. The number of anilines is 3. The highest BCUT2D eigenvalue weighted by atomic mass is 16.3. The van der Waals surface area contributed by atoms with Crippen LogP contribution in [0.15, 0.2) is 229 Å². The van der Waals surface area contributed by atoms with Gasteiger partial charge in [-0.3, -0.25) is 0 Å². The van der Waals surface area contributed by atoms with Crippen LogP contribution >= 0.6 is 0 Å². The second-order valence-corrected chi connectivity index (χ2v) is 14.9. The summed E-state index contributed by atoms with van der Waals surface area (Å²) in [6, 6.07) is 80.7. The maximum atomic E-state index is 6.42. The molecule has 0 atom stereocenters. The summed E-state index contributed by atoms with van der Waals surface area (Å²) >= 11 is 0. The molecule has 0 saturated heterocycles. The summed E-state index contributed by atoms with van der Waals surface area (Å²) in [5.74, 6) is 0. The predicted molar refractivity (Wildman–Crippen MR) is 245 cm³/mol. The summed E-state index contributed by atoms with van der Waals surface area (Å²) in [5, 5.41) is 7.34. The lowest BCUT2D eigenvalue weighted by molar-refractivity contribution is 0.670. The third-order valence-electron chi connectivity index (χ3n) is 11.5. The van der Waals surface area contributed by atoms with Crippen molar-refractivity contribution in [1.82, 2.24) is 0 Å². The van der Waals surface area contributed by atoms with E-state index in [9.17, 15) is 0 Å². The summed E-state index contributed by atoms with van der Waals surface area (Å²) < 4.78 is 6.42. The first kappa shape index (κ1) is 33.6. The lowest BCUT2D eigenvalue weighted by atomic mass is 9.97. The normalized spacial score (nSPS) is 11.4. The van der Waals surface area contributed by atoms with Crippen LogP contribution in [0.1, 0.15) is 0 Å². The average Bonchev–Trinajstić information content (AvgIpc) is 3.69. The smallest absolute Gasteiger partial charge is 0.143 e. The Morgan fingerprint density at radius 1 is 0.276 bits per heavy atom. The zero-order valence-corrected chi connectivity index (χ0v) is 31.7. The zero-order chi connectivity index (χ0) is 38.4. The van der Waals surface area contributed by atoms with E-state index in [-0.39, 0.29) is 0 Å². The van der Waals surface area contributed by atoms with Gasteiger partial charge in [0, 0.05) is 33.4 Å². The monoisotopic (exact) mass is 739 g/mol. The molecule has 0 aliphatic rings. The van der Waals surface area contributed by atoms with Crippen molar-refractivity contribution in [2.75, 3.05) is 4.90 Å². The van der Waals surface area contributed by atoms with Crippen molar-refractivity contribution in [2.24, 2.45) is 0 Å². The Hall–Kier alpha value is -7.68. The molecular weight excluding hydrogens is 703 g/mol. The number of nitrogens with zero attached hydrogens (tertiary/aromatic N) is 1. The fraction of sp³-hybridized carbons (Fsp3) is 0. The molecule has 0 fully saturated rings. The van der Waals surface area contributed by atoms with Crippen LogP contribution in [0.5, 0.6) is 0 Å². The van der Waals surface area contributed by atoms with Gasteiger partial charge >= 0.3 is 0 Å². The van der Waals surface area contributed by atoms with E-state index in [0.717, 1.165) is 55.7 Å². The van der Waals surface area contributed by atoms with Crippen molar-refractivity contribution in [1.29, 1.82) is 0 Å². The van der Waals surface area contributed by atoms with Gasteiger partial charge in [-0.15, -0.1) is 0 Å². The number of benzene rings is 10. The van der Waals surface area contributed by atoms with Crippen LogP contribution in [0.3, 0.4) is 0 Å². The summed E-state index contributed by atoms with van der Waals surface area (Å²) in [5.41, 5.74) is 14.4. The summed E-state index contributed by atoms with van der Waals surface area (Å²) in [7, 11) is 0. The number of rotatable bonds is 7. The Morgan fingerprint density at radius 2 is 0.793 bits per heavy atom. The molecule has 0 N–H and O–H groups in total. The minimum absolute atomic E-state index is 0.906. The SMILES string of the molecule is c1ccc(-c2ccc(-c3cccc(N(c4ccc(-c5ccc6c(ccc7ccccc76)c5)cc4)c4ccc(-c5cccc6c5oc5ccccc56)cc4)c3)cc2)cc1. The van der Waals surface area contributed by atoms with Crippen molar-refractivity contribution in [2.45, 2.75) is 0 Å². The highest BCUT2D eigenvalue weighted by molar-refractivity contribution is 6.10. The molecule has 272 valence electrons. The van der Waals surface area contributed by atoms with Crippen LogP contribution < -0.4 is 4.90 Å². The van der Waals surface area contributed by atoms with E-state index in [2.05, 4.69) is 217 Å². The predicted octanol–water partition coefficient (Wildman–Crippen LogP) is 16.0. The fourth-order valence-electron chi connectivity index (χ4n) is 8.52. The first-order chi connectivity index (χ1) is 28.7. The maximum absolute atomic E-state index is 6.42. The molecule has 11 aromatic rings. The van der Waals surface area contributed by atoms with Crippen molar-refractivity contribution in [3.63, 3.8) is 0 Å². The van der Waals surface area contributed by atoms with Gasteiger partial charge in [0.15, 0.2) is 0 Å². The van der Waals surface area contributed by atoms with Gasteiger partial charge in [-0.2, -0.15) is 0 Å². The lowest BCUT2D eigenvalue weighted by Gasteiger charge is -2.26. The molecule has 0 aliphatic carbocycles. The van der Waals surface area contributed by atoms with Gasteiger partial charge in [-0.1, -0.05) is 176 Å². The number of fused-ring (bicyclic) bond motifs is 6. The second kappa shape index (κ2) is 14.1. The number of para-hydroxylation sites is 2. The molecule has 0 bridgehead atoms. The molecule has 10 aromatic carbocycles. The molecule has 0 unspecified atom stereocenters. The van der Waals surface area contributed by atoms with Gasteiger partial charge < -0.3 is 9.32 Å². The lowest BCUT2D eigenvalue weighted by Crippen LogP contribution is -2.10. The topological polar surface area (TPSA) is 16.4 Å². The van der Waals surface area contributed by atoms with Gasteiger partial charge in [0.1, 0.15) is 11.2 Å². The molecule has 0 aliphatic heterocycles. The van der Waals surface area contributed by atoms with Gasteiger partial charge in [-0.05, 0) is 109 Å². The standard InChI is InChI=1S/C56H37NO/c1-2-10-38(11-3-1)39-20-22-40(23-21-39)44-13-8-14-49(37-44)57(48-33-28-43(29-34-48)52-17-9-18-54-53-16-6-7-19-55(53)58-56(52)54)47-31-26-41(27-32-47)45-30-35-51-46(36-45)25-24-42-12-4-5-15-50(42)51/h1-37H. The van der Waals surface area contributed by atoms with E-state index in [0.29, 0.717) is 0 Å². The summed E-state index contributed by atoms with van der Waals surface area (Å²) in [6.45, 7) is 0. The van der Waals surface area contributed by atoms with Crippen molar-refractivity contribution in [3.05, 3.63) is 224 Å². The van der Waals surface area contributed by atoms with Crippen LogP contribution in [0, 0.1) is 0 Å². The third-order valence-corrected chi connectivity index (χ3v) is 11.5. The molecule has 2 nitrogen and oxygen atoms in total. The van der Waals surface area contributed by atoms with E-state index >= 15 is 0 Å². The average molecular weight is 740 g/mol. The molecule has 11 rings (SSSR count). The highest BCUT2D eigenvalue weighted by Gasteiger charge is 2.17. The first-order valence-electron chi connectivity index (χ1n) is 19.8. The molecule has 1 aromatic heterocycles.